The summed E-state index contributed by atoms with van der Waals surface area (Å²) < 4.78 is 26.9. The maximum Gasteiger partial charge on any atom is 0.216 e. The van der Waals surface area contributed by atoms with Crippen molar-refractivity contribution in [2.45, 2.75) is 31.1 Å². The molecule has 1 aliphatic carbocycles. The molecule has 2 atom stereocenters. The van der Waals surface area contributed by atoms with Gasteiger partial charge in [0.2, 0.25) is 10.0 Å². The van der Waals surface area contributed by atoms with E-state index in [0.717, 1.165) is 19.3 Å². The molecule has 108 valence electrons. The Labute approximate surface area is 119 Å². The van der Waals surface area contributed by atoms with E-state index < -0.39 is 10.0 Å². The summed E-state index contributed by atoms with van der Waals surface area (Å²) in [6.07, 6.45) is 2.58. The van der Waals surface area contributed by atoms with Crippen molar-refractivity contribution < 1.29 is 13.5 Å². The lowest BCUT2D eigenvalue weighted by atomic mass is 10.1. The van der Waals surface area contributed by atoms with Crippen LogP contribution in [-0.4, -0.2) is 26.2 Å². The minimum absolute atomic E-state index is 0.0179. The lowest BCUT2D eigenvalue weighted by Crippen LogP contribution is -2.39. The quantitative estimate of drug-likeness (QED) is 0.852. The first-order valence-electron chi connectivity index (χ1n) is 6.64. The summed E-state index contributed by atoms with van der Waals surface area (Å²) in [5.41, 5.74) is 1.16. The summed E-state index contributed by atoms with van der Waals surface area (Å²) in [6, 6.07) is 8.35. The highest BCUT2D eigenvalue weighted by Crippen LogP contribution is 2.26. The molecule has 0 radical (unpaired) electrons. The van der Waals surface area contributed by atoms with Crippen molar-refractivity contribution in [3.63, 3.8) is 0 Å². The molecule has 1 aliphatic rings. The number of sulfonamides is 1. The number of nitriles is 1. The standard InChI is InChI=1S/C14H18N2O3S/c15-8-11-4-6-12(7-5-11)10-20(18,19)16-14-3-1-2-13(14)9-17/h4-7,13-14,16-17H,1-3,9-10H2. The van der Waals surface area contributed by atoms with Gasteiger partial charge in [0.15, 0.2) is 0 Å². The number of hydrogen-bond acceptors (Lipinski definition) is 4. The van der Waals surface area contributed by atoms with Gasteiger partial charge in [-0.05, 0) is 36.5 Å². The van der Waals surface area contributed by atoms with Gasteiger partial charge < -0.3 is 5.11 Å². The number of nitrogens with one attached hydrogen (secondary N) is 1. The fourth-order valence-electron chi connectivity index (χ4n) is 2.58. The highest BCUT2D eigenvalue weighted by atomic mass is 32.2. The second kappa shape index (κ2) is 6.35. The topological polar surface area (TPSA) is 90.2 Å². The van der Waals surface area contributed by atoms with Gasteiger partial charge >= 0.3 is 0 Å². The summed E-state index contributed by atoms with van der Waals surface area (Å²) in [5, 5.41) is 17.9. The molecule has 2 rings (SSSR count). The molecule has 0 spiro atoms. The largest absolute Gasteiger partial charge is 0.396 e. The minimum atomic E-state index is -3.42. The van der Waals surface area contributed by atoms with Gasteiger partial charge in [-0.3, -0.25) is 0 Å². The molecular formula is C14H18N2O3S. The zero-order chi connectivity index (χ0) is 14.6. The molecule has 20 heavy (non-hydrogen) atoms. The molecule has 1 saturated carbocycles. The lowest BCUT2D eigenvalue weighted by Gasteiger charge is -2.19. The van der Waals surface area contributed by atoms with Crippen LogP contribution in [0.5, 0.6) is 0 Å². The van der Waals surface area contributed by atoms with E-state index in [1.807, 2.05) is 6.07 Å². The van der Waals surface area contributed by atoms with Crippen molar-refractivity contribution >= 4 is 10.0 Å². The average molecular weight is 294 g/mol. The monoisotopic (exact) mass is 294 g/mol. The molecule has 0 amide bonds. The first-order valence-corrected chi connectivity index (χ1v) is 8.29. The third kappa shape index (κ3) is 3.79. The summed E-state index contributed by atoms with van der Waals surface area (Å²) in [7, 11) is -3.42. The third-order valence-corrected chi connectivity index (χ3v) is 5.04. The Balaban J connectivity index is 2.01. The predicted molar refractivity (Wildman–Crippen MR) is 75.1 cm³/mol. The van der Waals surface area contributed by atoms with Crippen LogP contribution in [0.3, 0.4) is 0 Å². The molecule has 2 N–H and O–H groups in total. The molecule has 0 saturated heterocycles. The van der Waals surface area contributed by atoms with E-state index in [1.54, 1.807) is 24.3 Å². The average Bonchev–Trinajstić information content (AvgIpc) is 2.85. The smallest absolute Gasteiger partial charge is 0.216 e. The number of rotatable bonds is 5. The van der Waals surface area contributed by atoms with Gasteiger partial charge in [0.25, 0.3) is 0 Å². The molecule has 1 aromatic rings. The molecule has 5 nitrogen and oxygen atoms in total. The molecule has 0 bridgehead atoms. The summed E-state index contributed by atoms with van der Waals surface area (Å²) in [5.74, 6) is -0.0846. The highest BCUT2D eigenvalue weighted by molar-refractivity contribution is 7.88. The zero-order valence-corrected chi connectivity index (χ0v) is 11.9. The van der Waals surface area contributed by atoms with Gasteiger partial charge in [-0.25, -0.2) is 13.1 Å². The van der Waals surface area contributed by atoms with Crippen LogP contribution < -0.4 is 4.72 Å². The van der Waals surface area contributed by atoms with E-state index >= 15 is 0 Å². The fraction of sp³-hybridized carbons (Fsp3) is 0.500. The molecule has 0 aromatic heterocycles. The molecule has 1 fully saturated rings. The Morgan fingerprint density at radius 3 is 2.60 bits per heavy atom. The lowest BCUT2D eigenvalue weighted by molar-refractivity contribution is 0.213. The van der Waals surface area contributed by atoms with E-state index in [9.17, 15) is 13.5 Å². The Morgan fingerprint density at radius 1 is 1.30 bits per heavy atom. The van der Waals surface area contributed by atoms with Crippen LogP contribution in [0.25, 0.3) is 0 Å². The highest BCUT2D eigenvalue weighted by Gasteiger charge is 2.30. The van der Waals surface area contributed by atoms with Crippen LogP contribution in [0.1, 0.15) is 30.4 Å². The van der Waals surface area contributed by atoms with Crippen molar-refractivity contribution in [3.05, 3.63) is 35.4 Å². The summed E-state index contributed by atoms with van der Waals surface area (Å²) in [6.45, 7) is 0.0179. The minimum Gasteiger partial charge on any atom is -0.396 e. The molecular weight excluding hydrogens is 276 g/mol. The van der Waals surface area contributed by atoms with E-state index in [1.165, 1.54) is 0 Å². The van der Waals surface area contributed by atoms with Crippen molar-refractivity contribution in [3.8, 4) is 6.07 Å². The maximum absolute atomic E-state index is 12.1. The van der Waals surface area contributed by atoms with Crippen LogP contribution in [0.2, 0.25) is 0 Å². The first-order chi connectivity index (χ1) is 9.54. The summed E-state index contributed by atoms with van der Waals surface area (Å²) in [4.78, 5) is 0. The third-order valence-electron chi connectivity index (χ3n) is 3.66. The van der Waals surface area contributed by atoms with Gasteiger partial charge in [-0.15, -0.1) is 0 Å². The first kappa shape index (κ1) is 15.0. The number of nitrogens with zero attached hydrogens (tertiary/aromatic N) is 1. The second-order valence-electron chi connectivity index (χ2n) is 5.17. The number of hydrogen-bond donors (Lipinski definition) is 2. The van der Waals surface area contributed by atoms with Crippen LogP contribution >= 0.6 is 0 Å². The predicted octanol–water partition coefficient (Wildman–Crippen LogP) is 1.14. The van der Waals surface area contributed by atoms with Crippen LogP contribution in [0.4, 0.5) is 0 Å². The van der Waals surface area contributed by atoms with Crippen molar-refractivity contribution in [2.75, 3.05) is 6.61 Å². The van der Waals surface area contributed by atoms with Gasteiger partial charge in [-0.2, -0.15) is 5.26 Å². The normalized spacial score (nSPS) is 22.6. The SMILES string of the molecule is N#Cc1ccc(CS(=O)(=O)NC2CCCC2CO)cc1. The summed E-state index contributed by atoms with van der Waals surface area (Å²) >= 11 is 0. The molecule has 0 heterocycles. The number of aliphatic hydroxyl groups excluding tert-OH is 1. The van der Waals surface area contributed by atoms with Gasteiger partial charge in [0.1, 0.15) is 0 Å². The van der Waals surface area contributed by atoms with E-state index in [4.69, 9.17) is 5.26 Å². The molecule has 6 heteroatoms. The fourth-order valence-corrected chi connectivity index (χ4v) is 4.06. The van der Waals surface area contributed by atoms with Gasteiger partial charge in [-0.1, -0.05) is 18.6 Å². The van der Waals surface area contributed by atoms with Crippen LogP contribution in [0, 0.1) is 17.2 Å². The number of benzene rings is 1. The zero-order valence-electron chi connectivity index (χ0n) is 11.1. The van der Waals surface area contributed by atoms with Crippen molar-refractivity contribution in [1.29, 1.82) is 5.26 Å². The Bertz CT molecular complexity index is 590. The van der Waals surface area contributed by atoms with E-state index in [-0.39, 0.29) is 24.3 Å². The van der Waals surface area contributed by atoms with Gasteiger partial charge in [0.05, 0.1) is 17.4 Å². The maximum atomic E-state index is 12.1. The van der Waals surface area contributed by atoms with Crippen LogP contribution in [0.15, 0.2) is 24.3 Å². The Hall–Kier alpha value is -1.42. The van der Waals surface area contributed by atoms with Crippen molar-refractivity contribution in [1.82, 2.24) is 4.72 Å². The van der Waals surface area contributed by atoms with Crippen molar-refractivity contribution in [2.24, 2.45) is 5.92 Å². The van der Waals surface area contributed by atoms with E-state index in [0.29, 0.717) is 11.1 Å². The number of aliphatic hydroxyl groups is 1. The van der Waals surface area contributed by atoms with Gasteiger partial charge in [0, 0.05) is 12.6 Å². The second-order valence-corrected chi connectivity index (χ2v) is 6.92. The molecule has 2 unspecified atom stereocenters. The molecule has 0 aliphatic heterocycles. The van der Waals surface area contributed by atoms with Crippen LogP contribution in [-0.2, 0) is 15.8 Å². The Kier molecular flexibility index (Phi) is 4.76. The molecule has 1 aromatic carbocycles. The van der Waals surface area contributed by atoms with E-state index in [2.05, 4.69) is 4.72 Å². The Morgan fingerprint density at radius 2 is 2.00 bits per heavy atom.